The second-order valence-corrected chi connectivity index (χ2v) is 1.99. The number of aliphatic hydroxyl groups excluding tert-OH is 2. The molecule has 0 saturated heterocycles. The summed E-state index contributed by atoms with van der Waals surface area (Å²) in [4.78, 5) is 0. The predicted octanol–water partition coefficient (Wildman–Crippen LogP) is 0.429. The average Bonchev–Trinajstić information content (AvgIpc) is 1.93. The Balaban J connectivity index is 2.86. The molecular weight excluding hydrogens is 142 g/mol. The third-order valence-corrected chi connectivity index (χ3v) is 1.27. The predicted molar refractivity (Wildman–Crippen MR) is 30.4 cm³/mol. The zero-order valence-electron chi connectivity index (χ0n) is 4.96. The lowest BCUT2D eigenvalue weighted by Gasteiger charge is -2.16. The van der Waals surface area contributed by atoms with Crippen LogP contribution in [0, 0.1) is 0 Å². The minimum absolute atomic E-state index is 0.784. The Bertz CT molecular complexity index is 176. The highest BCUT2D eigenvalue weighted by molar-refractivity contribution is 5.24. The fourth-order valence-corrected chi connectivity index (χ4v) is 0.658. The van der Waals surface area contributed by atoms with Gasteiger partial charge in [0.05, 0.1) is 0 Å². The monoisotopic (exact) mass is 148 g/mol. The van der Waals surface area contributed by atoms with Crippen LogP contribution in [-0.2, 0) is 0 Å². The topological polar surface area (TPSA) is 40.5 Å². The molecule has 0 radical (unpaired) electrons. The maximum atomic E-state index is 12.2. The zero-order chi connectivity index (χ0) is 7.72. The molecule has 0 unspecified atom stereocenters. The minimum Gasteiger partial charge on any atom is -0.383 e. The number of allylic oxidation sites excluding steroid dienone is 2. The summed E-state index contributed by atoms with van der Waals surface area (Å²) in [6.45, 7) is 0. The van der Waals surface area contributed by atoms with Gasteiger partial charge in [-0.1, -0.05) is 0 Å². The highest BCUT2D eigenvalue weighted by Crippen LogP contribution is 2.20. The van der Waals surface area contributed by atoms with Crippen molar-refractivity contribution >= 4 is 0 Å². The van der Waals surface area contributed by atoms with E-state index in [4.69, 9.17) is 10.2 Å². The van der Waals surface area contributed by atoms with Crippen LogP contribution in [0.15, 0.2) is 23.8 Å². The van der Waals surface area contributed by atoms with Crippen molar-refractivity contribution in [1.82, 2.24) is 0 Å². The summed E-state index contributed by atoms with van der Waals surface area (Å²) in [5.74, 6) is -1.84. The van der Waals surface area contributed by atoms with Gasteiger partial charge in [0.25, 0.3) is 0 Å². The summed E-state index contributed by atoms with van der Waals surface area (Å²) in [6, 6.07) is 0. The van der Waals surface area contributed by atoms with Crippen molar-refractivity contribution in [2.24, 2.45) is 0 Å². The summed E-state index contributed by atoms with van der Waals surface area (Å²) in [7, 11) is 0. The van der Waals surface area contributed by atoms with Gasteiger partial charge in [0.1, 0.15) is 23.9 Å². The molecule has 0 bridgehead atoms. The lowest BCUT2D eigenvalue weighted by molar-refractivity contribution is 0.0362. The van der Waals surface area contributed by atoms with Crippen molar-refractivity contribution in [3.8, 4) is 0 Å². The minimum atomic E-state index is -1.75. The van der Waals surface area contributed by atoms with E-state index < -0.39 is 23.9 Å². The molecule has 0 fully saturated rings. The molecule has 2 atom stereocenters. The van der Waals surface area contributed by atoms with Crippen LogP contribution in [0.3, 0.4) is 0 Å². The van der Waals surface area contributed by atoms with Gasteiger partial charge in [-0.3, -0.25) is 0 Å². The molecule has 1 aliphatic rings. The molecule has 0 heterocycles. The third-order valence-electron chi connectivity index (χ3n) is 1.27. The Morgan fingerprint density at radius 1 is 1.00 bits per heavy atom. The Kier molecular flexibility index (Phi) is 1.82. The maximum Gasteiger partial charge on any atom is 0.138 e. The van der Waals surface area contributed by atoms with Gasteiger partial charge in [0.15, 0.2) is 0 Å². The first-order valence-corrected chi connectivity index (χ1v) is 2.72. The molecule has 0 aliphatic heterocycles. The number of aliphatic hydroxyl groups is 2. The van der Waals surface area contributed by atoms with Gasteiger partial charge in [-0.25, -0.2) is 8.78 Å². The molecule has 0 saturated carbocycles. The number of hydrogen-bond donors (Lipinski definition) is 2. The molecule has 10 heavy (non-hydrogen) atoms. The van der Waals surface area contributed by atoms with Gasteiger partial charge in [-0.05, 0) is 12.2 Å². The van der Waals surface area contributed by atoms with Crippen LogP contribution < -0.4 is 0 Å². The van der Waals surface area contributed by atoms with Crippen LogP contribution in [0.4, 0.5) is 8.78 Å². The van der Waals surface area contributed by atoms with E-state index in [0.717, 1.165) is 12.2 Å². The molecule has 0 amide bonds. The second kappa shape index (κ2) is 2.48. The van der Waals surface area contributed by atoms with E-state index in [1.165, 1.54) is 0 Å². The molecule has 0 aromatic heterocycles. The van der Waals surface area contributed by atoms with E-state index in [-0.39, 0.29) is 0 Å². The third kappa shape index (κ3) is 1.08. The first-order chi connectivity index (χ1) is 4.63. The molecule has 4 heteroatoms. The number of rotatable bonds is 0. The highest BCUT2D eigenvalue weighted by Gasteiger charge is 2.27. The smallest absolute Gasteiger partial charge is 0.138 e. The Morgan fingerprint density at radius 3 is 1.60 bits per heavy atom. The van der Waals surface area contributed by atoms with Crippen molar-refractivity contribution in [3.63, 3.8) is 0 Å². The van der Waals surface area contributed by atoms with Crippen molar-refractivity contribution in [2.45, 2.75) is 12.2 Å². The van der Waals surface area contributed by atoms with Crippen LogP contribution >= 0.6 is 0 Å². The summed E-state index contributed by atoms with van der Waals surface area (Å²) in [5, 5.41) is 17.3. The van der Waals surface area contributed by atoms with E-state index in [1.54, 1.807) is 0 Å². The molecule has 0 aromatic rings. The number of halogens is 2. The van der Waals surface area contributed by atoms with Crippen molar-refractivity contribution in [3.05, 3.63) is 23.8 Å². The molecule has 0 spiro atoms. The standard InChI is InChI=1S/C6H6F2O2/c7-3-1-2-4(8)6(10)5(3)9/h1-2,5-6,9-10H/t5-,6+. The van der Waals surface area contributed by atoms with E-state index in [9.17, 15) is 8.78 Å². The molecule has 0 aromatic carbocycles. The van der Waals surface area contributed by atoms with Gasteiger partial charge in [0, 0.05) is 0 Å². The van der Waals surface area contributed by atoms with Crippen molar-refractivity contribution < 1.29 is 19.0 Å². The molecular formula is C6H6F2O2. The Morgan fingerprint density at radius 2 is 1.30 bits per heavy atom. The van der Waals surface area contributed by atoms with Crippen LogP contribution in [-0.4, -0.2) is 22.4 Å². The quantitative estimate of drug-likeness (QED) is 0.523. The van der Waals surface area contributed by atoms with Crippen LogP contribution in [0.25, 0.3) is 0 Å². The van der Waals surface area contributed by atoms with E-state index in [1.807, 2.05) is 0 Å². The number of hydrogen-bond acceptors (Lipinski definition) is 2. The van der Waals surface area contributed by atoms with Gasteiger partial charge in [-0.2, -0.15) is 0 Å². The van der Waals surface area contributed by atoms with Crippen LogP contribution in [0.1, 0.15) is 0 Å². The zero-order valence-corrected chi connectivity index (χ0v) is 4.96. The Hall–Kier alpha value is -0.740. The fourth-order valence-electron chi connectivity index (χ4n) is 0.658. The summed E-state index contributed by atoms with van der Waals surface area (Å²) >= 11 is 0. The van der Waals surface area contributed by atoms with Crippen LogP contribution in [0.2, 0.25) is 0 Å². The van der Waals surface area contributed by atoms with Crippen molar-refractivity contribution in [1.29, 1.82) is 0 Å². The molecule has 1 rings (SSSR count). The molecule has 2 N–H and O–H groups in total. The van der Waals surface area contributed by atoms with Crippen LogP contribution in [0.5, 0.6) is 0 Å². The summed E-state index contributed by atoms with van der Waals surface area (Å²) < 4.78 is 24.5. The van der Waals surface area contributed by atoms with E-state index >= 15 is 0 Å². The second-order valence-electron chi connectivity index (χ2n) is 1.99. The van der Waals surface area contributed by atoms with Gasteiger partial charge < -0.3 is 10.2 Å². The molecule has 2 nitrogen and oxygen atoms in total. The maximum absolute atomic E-state index is 12.2. The van der Waals surface area contributed by atoms with Gasteiger partial charge >= 0.3 is 0 Å². The normalized spacial score (nSPS) is 33.2. The summed E-state index contributed by atoms with van der Waals surface area (Å²) in [5.41, 5.74) is 0. The lowest BCUT2D eigenvalue weighted by atomic mass is 10.1. The fraction of sp³-hybridized carbons (Fsp3) is 0.333. The molecule has 1 aliphatic carbocycles. The summed E-state index contributed by atoms with van der Waals surface area (Å²) in [6.07, 6.45) is -1.92. The highest BCUT2D eigenvalue weighted by atomic mass is 19.1. The first kappa shape index (κ1) is 7.37. The van der Waals surface area contributed by atoms with Crippen molar-refractivity contribution in [2.75, 3.05) is 0 Å². The SMILES string of the molecule is O[C@@H]1C(F)=CC=C(F)[C@@H]1O. The van der Waals surface area contributed by atoms with Gasteiger partial charge in [-0.15, -0.1) is 0 Å². The lowest BCUT2D eigenvalue weighted by Crippen LogP contribution is -2.28. The average molecular weight is 148 g/mol. The first-order valence-electron chi connectivity index (χ1n) is 2.72. The van der Waals surface area contributed by atoms with E-state index in [0.29, 0.717) is 0 Å². The largest absolute Gasteiger partial charge is 0.383 e. The van der Waals surface area contributed by atoms with E-state index in [2.05, 4.69) is 0 Å². The molecule has 56 valence electrons. The van der Waals surface area contributed by atoms with Gasteiger partial charge in [0.2, 0.25) is 0 Å². The Labute approximate surface area is 56.1 Å².